The van der Waals surface area contributed by atoms with Gasteiger partial charge in [0.1, 0.15) is 5.75 Å². The smallest absolute Gasteiger partial charge is 0.255 e. The molecule has 2 heterocycles. The summed E-state index contributed by atoms with van der Waals surface area (Å²) < 4.78 is 10.9. The van der Waals surface area contributed by atoms with Gasteiger partial charge >= 0.3 is 0 Å². The molecule has 2 aromatic rings. The molecule has 1 fully saturated rings. The lowest BCUT2D eigenvalue weighted by Gasteiger charge is -2.31. The molecule has 6 heteroatoms. The Bertz CT molecular complexity index is 803. The summed E-state index contributed by atoms with van der Waals surface area (Å²) in [6.07, 6.45) is 0.840. The van der Waals surface area contributed by atoms with Crippen LogP contribution < -0.4 is 15.0 Å². The molecule has 1 saturated heterocycles. The van der Waals surface area contributed by atoms with Crippen LogP contribution in [0.1, 0.15) is 15.9 Å². The van der Waals surface area contributed by atoms with Crippen molar-refractivity contribution >= 4 is 28.9 Å². The molecule has 4 rings (SSSR count). The Hall–Kier alpha value is -2.24. The van der Waals surface area contributed by atoms with Gasteiger partial charge in [-0.05, 0) is 35.9 Å². The zero-order valence-electron chi connectivity index (χ0n) is 13.8. The Kier molecular flexibility index (Phi) is 4.51. The summed E-state index contributed by atoms with van der Waals surface area (Å²) in [5, 5.41) is 3.64. The molecule has 1 amide bonds. The third kappa shape index (κ3) is 3.30. The van der Waals surface area contributed by atoms with Crippen molar-refractivity contribution in [3.05, 3.63) is 52.5 Å². The number of halogens is 1. The predicted molar refractivity (Wildman–Crippen MR) is 98.1 cm³/mol. The van der Waals surface area contributed by atoms with Crippen molar-refractivity contribution in [2.24, 2.45) is 0 Å². The molecular weight excluding hydrogens is 340 g/mol. The Morgan fingerprint density at radius 1 is 1.12 bits per heavy atom. The number of rotatable bonds is 3. The summed E-state index contributed by atoms with van der Waals surface area (Å²) in [7, 11) is 0. The number of carbonyl (C=O) groups excluding carboxylic acids is 1. The van der Waals surface area contributed by atoms with Crippen LogP contribution in [0.3, 0.4) is 0 Å². The van der Waals surface area contributed by atoms with E-state index in [-0.39, 0.29) is 5.91 Å². The maximum absolute atomic E-state index is 12.7. The summed E-state index contributed by atoms with van der Waals surface area (Å²) >= 11 is 6.42. The fraction of sp³-hybridized carbons (Fsp3) is 0.316. The van der Waals surface area contributed by atoms with Gasteiger partial charge in [0.15, 0.2) is 0 Å². The lowest BCUT2D eigenvalue weighted by molar-refractivity contribution is 0.102. The van der Waals surface area contributed by atoms with E-state index in [4.69, 9.17) is 21.1 Å². The second-order valence-electron chi connectivity index (χ2n) is 6.11. The quantitative estimate of drug-likeness (QED) is 0.914. The average Bonchev–Trinajstić information content (AvgIpc) is 3.10. The van der Waals surface area contributed by atoms with E-state index in [1.54, 1.807) is 6.07 Å². The normalized spacial score (nSPS) is 16.3. The van der Waals surface area contributed by atoms with Crippen molar-refractivity contribution in [2.75, 3.05) is 43.1 Å². The zero-order valence-corrected chi connectivity index (χ0v) is 14.5. The SMILES string of the molecule is O=C(Nc1cccc(Cl)c1N1CCOCC1)c1ccc2c(c1)CCO2. The van der Waals surface area contributed by atoms with Gasteiger partial charge < -0.3 is 19.7 Å². The van der Waals surface area contributed by atoms with Crippen molar-refractivity contribution in [1.29, 1.82) is 0 Å². The summed E-state index contributed by atoms with van der Waals surface area (Å²) in [5.74, 6) is 0.722. The van der Waals surface area contributed by atoms with Crippen LogP contribution in [0, 0.1) is 0 Å². The number of benzene rings is 2. The van der Waals surface area contributed by atoms with Crippen LogP contribution in [-0.2, 0) is 11.2 Å². The molecule has 0 atom stereocenters. The number of morpholine rings is 1. The maximum atomic E-state index is 12.7. The van der Waals surface area contributed by atoms with Gasteiger partial charge in [-0.25, -0.2) is 0 Å². The molecule has 0 bridgehead atoms. The fourth-order valence-electron chi connectivity index (χ4n) is 3.25. The third-order valence-electron chi connectivity index (χ3n) is 4.51. The molecule has 25 heavy (non-hydrogen) atoms. The van der Waals surface area contributed by atoms with Crippen molar-refractivity contribution in [2.45, 2.75) is 6.42 Å². The largest absolute Gasteiger partial charge is 0.493 e. The van der Waals surface area contributed by atoms with Crippen LogP contribution in [0.25, 0.3) is 0 Å². The Balaban J connectivity index is 1.60. The van der Waals surface area contributed by atoms with Crippen LogP contribution >= 0.6 is 11.6 Å². The van der Waals surface area contributed by atoms with Gasteiger partial charge in [0.2, 0.25) is 0 Å². The Morgan fingerprint density at radius 2 is 1.96 bits per heavy atom. The highest BCUT2D eigenvalue weighted by Gasteiger charge is 2.20. The second kappa shape index (κ2) is 6.94. The molecule has 1 N–H and O–H groups in total. The van der Waals surface area contributed by atoms with Gasteiger partial charge in [-0.3, -0.25) is 4.79 Å². The highest BCUT2D eigenvalue weighted by atomic mass is 35.5. The molecular formula is C19H19ClN2O3. The zero-order chi connectivity index (χ0) is 17.2. The first-order chi connectivity index (χ1) is 12.2. The number of ether oxygens (including phenoxy) is 2. The van der Waals surface area contributed by atoms with E-state index in [1.807, 2.05) is 30.3 Å². The Morgan fingerprint density at radius 3 is 2.80 bits per heavy atom. The molecule has 0 saturated carbocycles. The number of hydrogen-bond acceptors (Lipinski definition) is 4. The molecule has 5 nitrogen and oxygen atoms in total. The average molecular weight is 359 g/mol. The van der Waals surface area contributed by atoms with Crippen LogP contribution in [0.2, 0.25) is 5.02 Å². The number of carbonyl (C=O) groups is 1. The topological polar surface area (TPSA) is 50.8 Å². The highest BCUT2D eigenvalue weighted by Crippen LogP contribution is 2.35. The van der Waals surface area contributed by atoms with E-state index in [0.29, 0.717) is 30.4 Å². The number of nitrogens with zero attached hydrogens (tertiary/aromatic N) is 1. The number of anilines is 2. The van der Waals surface area contributed by atoms with Crippen molar-refractivity contribution in [1.82, 2.24) is 0 Å². The third-order valence-corrected chi connectivity index (χ3v) is 4.82. The molecule has 130 valence electrons. The predicted octanol–water partition coefficient (Wildman–Crippen LogP) is 3.36. The first kappa shape index (κ1) is 16.2. The minimum Gasteiger partial charge on any atom is -0.493 e. The van der Waals surface area contributed by atoms with Gasteiger partial charge in [0.05, 0.1) is 36.2 Å². The first-order valence-electron chi connectivity index (χ1n) is 8.40. The summed E-state index contributed by atoms with van der Waals surface area (Å²) in [4.78, 5) is 14.9. The van der Waals surface area contributed by atoms with E-state index in [0.717, 1.165) is 42.2 Å². The first-order valence-corrected chi connectivity index (χ1v) is 8.78. The van der Waals surface area contributed by atoms with Gasteiger partial charge in [-0.1, -0.05) is 17.7 Å². The highest BCUT2D eigenvalue weighted by molar-refractivity contribution is 6.34. The van der Waals surface area contributed by atoms with E-state index in [9.17, 15) is 4.79 Å². The molecule has 2 aliphatic heterocycles. The minimum atomic E-state index is -0.147. The second-order valence-corrected chi connectivity index (χ2v) is 6.52. The standard InChI is InChI=1S/C19H19ClN2O3/c20-15-2-1-3-16(18(15)22-7-10-24-11-8-22)21-19(23)14-4-5-17-13(12-14)6-9-25-17/h1-5,12H,6-11H2,(H,21,23). The van der Waals surface area contributed by atoms with E-state index in [1.165, 1.54) is 0 Å². The molecule has 2 aliphatic rings. The van der Waals surface area contributed by atoms with Gasteiger partial charge in [-0.2, -0.15) is 0 Å². The van der Waals surface area contributed by atoms with Crippen molar-refractivity contribution in [3.63, 3.8) is 0 Å². The minimum absolute atomic E-state index is 0.147. The molecule has 0 unspecified atom stereocenters. The summed E-state index contributed by atoms with van der Waals surface area (Å²) in [6, 6.07) is 11.1. The van der Waals surface area contributed by atoms with Crippen molar-refractivity contribution in [3.8, 4) is 5.75 Å². The molecule has 2 aromatic carbocycles. The van der Waals surface area contributed by atoms with E-state index >= 15 is 0 Å². The van der Waals surface area contributed by atoms with Gasteiger partial charge in [0.25, 0.3) is 5.91 Å². The van der Waals surface area contributed by atoms with Crippen LogP contribution in [0.5, 0.6) is 5.75 Å². The maximum Gasteiger partial charge on any atom is 0.255 e. The molecule has 0 spiro atoms. The molecule has 0 radical (unpaired) electrons. The number of hydrogen-bond donors (Lipinski definition) is 1. The van der Waals surface area contributed by atoms with Crippen LogP contribution in [0.4, 0.5) is 11.4 Å². The van der Waals surface area contributed by atoms with Gasteiger partial charge in [0, 0.05) is 25.1 Å². The van der Waals surface area contributed by atoms with Crippen LogP contribution in [-0.4, -0.2) is 38.8 Å². The fourth-order valence-corrected chi connectivity index (χ4v) is 3.54. The van der Waals surface area contributed by atoms with Gasteiger partial charge in [-0.15, -0.1) is 0 Å². The summed E-state index contributed by atoms with van der Waals surface area (Å²) in [6.45, 7) is 3.49. The van der Waals surface area contributed by atoms with Crippen LogP contribution in [0.15, 0.2) is 36.4 Å². The van der Waals surface area contributed by atoms with Crippen molar-refractivity contribution < 1.29 is 14.3 Å². The number of para-hydroxylation sites is 1. The number of amides is 1. The lowest BCUT2D eigenvalue weighted by atomic mass is 10.1. The summed E-state index contributed by atoms with van der Waals surface area (Å²) in [5.41, 5.74) is 3.27. The Labute approximate surface area is 151 Å². The molecule has 0 aliphatic carbocycles. The monoisotopic (exact) mass is 358 g/mol. The molecule has 0 aromatic heterocycles. The van der Waals surface area contributed by atoms with E-state index in [2.05, 4.69) is 10.2 Å². The number of nitrogens with one attached hydrogen (secondary N) is 1. The van der Waals surface area contributed by atoms with E-state index < -0.39 is 0 Å². The number of fused-ring (bicyclic) bond motifs is 1. The lowest BCUT2D eigenvalue weighted by Crippen LogP contribution is -2.37.